The van der Waals surface area contributed by atoms with Crippen molar-refractivity contribution in [2.75, 3.05) is 13.1 Å². The summed E-state index contributed by atoms with van der Waals surface area (Å²) < 4.78 is 0. The van der Waals surface area contributed by atoms with Crippen LogP contribution in [0.3, 0.4) is 0 Å². The zero-order valence-corrected chi connectivity index (χ0v) is 14.0. The van der Waals surface area contributed by atoms with E-state index in [2.05, 4.69) is 48.1 Å². The average Bonchev–Trinajstić information content (AvgIpc) is 3.14. The number of amides is 2. The number of urea groups is 1. The number of nitrogens with one attached hydrogen (secondary N) is 1. The first-order chi connectivity index (χ1) is 10.2. The maximum absolute atomic E-state index is 12.6. The first-order valence-electron chi connectivity index (χ1n) is 7.31. The van der Waals surface area contributed by atoms with Gasteiger partial charge < -0.3 is 10.2 Å². The lowest BCUT2D eigenvalue weighted by Gasteiger charge is -2.35. The predicted molar refractivity (Wildman–Crippen MR) is 89.1 cm³/mol. The van der Waals surface area contributed by atoms with E-state index in [1.165, 1.54) is 15.3 Å². The predicted octanol–water partition coefficient (Wildman–Crippen LogP) is 4.12. The second-order valence-electron chi connectivity index (χ2n) is 5.74. The van der Waals surface area contributed by atoms with Gasteiger partial charge in [-0.1, -0.05) is 19.9 Å². The molecule has 0 aliphatic carbocycles. The Labute approximate surface area is 133 Å². The van der Waals surface area contributed by atoms with E-state index in [0.29, 0.717) is 5.92 Å². The van der Waals surface area contributed by atoms with Crippen molar-refractivity contribution in [2.45, 2.75) is 26.3 Å². The summed E-state index contributed by atoms with van der Waals surface area (Å²) in [5, 5.41) is 7.28. The van der Waals surface area contributed by atoms with Gasteiger partial charge in [0.2, 0.25) is 0 Å². The number of rotatable bonds is 3. The molecule has 0 saturated heterocycles. The maximum Gasteiger partial charge on any atom is 0.318 e. The Balaban J connectivity index is 1.88. The lowest BCUT2D eigenvalue weighted by Crippen LogP contribution is -2.46. The average molecular weight is 320 g/mol. The molecule has 3 nitrogen and oxygen atoms in total. The largest absolute Gasteiger partial charge is 0.338 e. The highest BCUT2D eigenvalue weighted by Gasteiger charge is 2.33. The molecule has 0 aromatic carbocycles. The van der Waals surface area contributed by atoms with Crippen molar-refractivity contribution >= 4 is 28.7 Å². The highest BCUT2D eigenvalue weighted by Crippen LogP contribution is 2.39. The molecule has 2 aromatic heterocycles. The molecule has 1 aliphatic heterocycles. The molecule has 1 N–H and O–H groups in total. The van der Waals surface area contributed by atoms with Crippen LogP contribution in [0.25, 0.3) is 0 Å². The number of thiophene rings is 2. The van der Waals surface area contributed by atoms with Gasteiger partial charge in [-0.2, -0.15) is 0 Å². The molecule has 0 saturated carbocycles. The Morgan fingerprint density at radius 3 is 2.95 bits per heavy atom. The molecule has 2 aromatic rings. The van der Waals surface area contributed by atoms with Crippen LogP contribution in [0, 0.1) is 5.92 Å². The van der Waals surface area contributed by atoms with Crippen molar-refractivity contribution in [3.8, 4) is 0 Å². The Kier molecular flexibility index (Phi) is 4.31. The van der Waals surface area contributed by atoms with Gasteiger partial charge in [0.05, 0.1) is 6.04 Å². The van der Waals surface area contributed by atoms with Gasteiger partial charge >= 0.3 is 6.03 Å². The van der Waals surface area contributed by atoms with Gasteiger partial charge in [0.1, 0.15) is 0 Å². The summed E-state index contributed by atoms with van der Waals surface area (Å²) in [4.78, 5) is 17.2. The SMILES string of the molecule is CC(C)CNC(=O)N1CCc2sccc2[C@@H]1c1cccs1. The molecule has 2 amide bonds. The number of hydrogen-bond acceptors (Lipinski definition) is 3. The molecule has 5 heteroatoms. The standard InChI is InChI=1S/C16H20N2OS2/c1-11(2)10-17-16(19)18-7-5-13-12(6-9-21-13)15(18)14-4-3-8-20-14/h3-4,6,8-9,11,15H,5,7,10H2,1-2H3,(H,17,19)/t15-/m1/s1. The van der Waals surface area contributed by atoms with Gasteiger partial charge in [0.25, 0.3) is 0 Å². The minimum Gasteiger partial charge on any atom is -0.338 e. The molecule has 3 rings (SSSR count). The van der Waals surface area contributed by atoms with Crippen LogP contribution >= 0.6 is 22.7 Å². The molecule has 1 aliphatic rings. The summed E-state index contributed by atoms with van der Waals surface area (Å²) in [6.07, 6.45) is 0.962. The molecule has 0 unspecified atom stereocenters. The number of carbonyl (C=O) groups excluding carboxylic acids is 1. The lowest BCUT2D eigenvalue weighted by molar-refractivity contribution is 0.180. The third kappa shape index (κ3) is 2.99. The molecule has 0 radical (unpaired) electrons. The normalized spacial score (nSPS) is 17.9. The van der Waals surface area contributed by atoms with Crippen molar-refractivity contribution in [1.82, 2.24) is 10.2 Å². The first kappa shape index (κ1) is 14.6. The Morgan fingerprint density at radius 1 is 1.38 bits per heavy atom. The number of nitrogens with zero attached hydrogens (tertiary/aromatic N) is 1. The molecule has 3 heterocycles. The fourth-order valence-electron chi connectivity index (χ4n) is 2.68. The van der Waals surface area contributed by atoms with Gasteiger partial charge in [-0.3, -0.25) is 0 Å². The minimum atomic E-state index is 0.0546. The summed E-state index contributed by atoms with van der Waals surface area (Å²) >= 11 is 3.53. The summed E-state index contributed by atoms with van der Waals surface area (Å²) in [7, 11) is 0. The summed E-state index contributed by atoms with van der Waals surface area (Å²) in [6, 6.07) is 6.49. The van der Waals surface area contributed by atoms with Gasteiger partial charge in [0, 0.05) is 22.8 Å². The molecular formula is C16H20N2OS2. The fourth-order valence-corrected chi connectivity index (χ4v) is 4.44. The minimum absolute atomic E-state index is 0.0546. The third-order valence-corrected chi connectivity index (χ3v) is 5.62. The van der Waals surface area contributed by atoms with E-state index in [1.54, 1.807) is 22.7 Å². The van der Waals surface area contributed by atoms with Crippen LogP contribution in [0.2, 0.25) is 0 Å². The van der Waals surface area contributed by atoms with E-state index >= 15 is 0 Å². The van der Waals surface area contributed by atoms with E-state index in [-0.39, 0.29) is 12.1 Å². The second kappa shape index (κ2) is 6.20. The van der Waals surface area contributed by atoms with Crippen LogP contribution in [0.4, 0.5) is 4.79 Å². The van der Waals surface area contributed by atoms with Crippen molar-refractivity contribution in [3.63, 3.8) is 0 Å². The zero-order valence-electron chi connectivity index (χ0n) is 12.3. The van der Waals surface area contributed by atoms with Crippen molar-refractivity contribution in [1.29, 1.82) is 0 Å². The summed E-state index contributed by atoms with van der Waals surface area (Å²) in [5.41, 5.74) is 1.30. The number of carbonyl (C=O) groups is 1. The Morgan fingerprint density at radius 2 is 2.24 bits per heavy atom. The topological polar surface area (TPSA) is 32.3 Å². The highest BCUT2D eigenvalue weighted by molar-refractivity contribution is 7.10. The van der Waals surface area contributed by atoms with Crippen LogP contribution in [-0.2, 0) is 6.42 Å². The molecule has 0 spiro atoms. The highest BCUT2D eigenvalue weighted by atomic mass is 32.1. The van der Waals surface area contributed by atoms with E-state index in [1.807, 2.05) is 4.90 Å². The van der Waals surface area contributed by atoms with Crippen LogP contribution in [0.15, 0.2) is 29.0 Å². The van der Waals surface area contributed by atoms with Gasteiger partial charge in [-0.25, -0.2) is 4.79 Å². The quantitative estimate of drug-likeness (QED) is 0.906. The van der Waals surface area contributed by atoms with Crippen LogP contribution < -0.4 is 5.32 Å². The van der Waals surface area contributed by atoms with Crippen molar-refractivity contribution < 1.29 is 4.79 Å². The van der Waals surface area contributed by atoms with Crippen LogP contribution in [0.1, 0.15) is 35.2 Å². The first-order valence-corrected chi connectivity index (χ1v) is 9.07. The second-order valence-corrected chi connectivity index (χ2v) is 7.72. The Bertz CT molecular complexity index is 604. The van der Waals surface area contributed by atoms with Crippen LogP contribution in [-0.4, -0.2) is 24.0 Å². The monoisotopic (exact) mass is 320 g/mol. The summed E-state index contributed by atoms with van der Waals surface area (Å²) in [6.45, 7) is 5.75. The van der Waals surface area contributed by atoms with Gasteiger partial charge in [-0.15, -0.1) is 22.7 Å². The third-order valence-electron chi connectivity index (χ3n) is 3.70. The van der Waals surface area contributed by atoms with Crippen molar-refractivity contribution in [3.05, 3.63) is 44.3 Å². The number of hydrogen-bond donors (Lipinski definition) is 1. The summed E-state index contributed by atoms with van der Waals surface area (Å²) in [5.74, 6) is 0.468. The molecule has 21 heavy (non-hydrogen) atoms. The molecule has 1 atom stereocenters. The molecular weight excluding hydrogens is 300 g/mol. The van der Waals surface area contributed by atoms with E-state index in [0.717, 1.165) is 19.5 Å². The molecule has 112 valence electrons. The lowest BCUT2D eigenvalue weighted by atomic mass is 9.99. The van der Waals surface area contributed by atoms with E-state index in [4.69, 9.17) is 0 Å². The fraction of sp³-hybridized carbons (Fsp3) is 0.438. The molecule has 0 bridgehead atoms. The van der Waals surface area contributed by atoms with Gasteiger partial charge in [-0.05, 0) is 40.8 Å². The Hall–Kier alpha value is -1.33. The number of fused-ring (bicyclic) bond motifs is 1. The smallest absolute Gasteiger partial charge is 0.318 e. The van der Waals surface area contributed by atoms with Crippen LogP contribution in [0.5, 0.6) is 0 Å². The zero-order chi connectivity index (χ0) is 14.8. The molecule has 0 fully saturated rings. The van der Waals surface area contributed by atoms with E-state index in [9.17, 15) is 4.79 Å². The maximum atomic E-state index is 12.6. The van der Waals surface area contributed by atoms with Gasteiger partial charge in [0.15, 0.2) is 0 Å². The van der Waals surface area contributed by atoms with Crippen molar-refractivity contribution in [2.24, 2.45) is 5.92 Å². The van der Waals surface area contributed by atoms with E-state index < -0.39 is 0 Å².